The maximum absolute atomic E-state index is 6.26. The Bertz CT molecular complexity index is 346. The minimum atomic E-state index is 0.378. The van der Waals surface area contributed by atoms with Crippen molar-refractivity contribution in [3.05, 3.63) is 29.0 Å². The lowest BCUT2D eigenvalue weighted by Gasteiger charge is -2.26. The molecule has 1 unspecified atom stereocenters. The van der Waals surface area contributed by atoms with E-state index in [0.29, 0.717) is 12.0 Å². The Kier molecular flexibility index (Phi) is 4.81. The molecule has 1 heterocycles. The van der Waals surface area contributed by atoms with Crippen molar-refractivity contribution in [3.8, 4) is 0 Å². The first kappa shape index (κ1) is 12.8. The molecule has 1 aliphatic rings. The number of nitrogens with zero attached hydrogens (tertiary/aromatic N) is 1. The third kappa shape index (κ3) is 3.20. The Morgan fingerprint density at radius 3 is 2.59 bits per heavy atom. The fourth-order valence-corrected chi connectivity index (χ4v) is 3.16. The molecule has 1 saturated carbocycles. The van der Waals surface area contributed by atoms with E-state index >= 15 is 0 Å². The van der Waals surface area contributed by atoms with Crippen molar-refractivity contribution in [3.63, 3.8) is 0 Å². The van der Waals surface area contributed by atoms with Crippen molar-refractivity contribution in [2.45, 2.75) is 44.6 Å². The van der Waals surface area contributed by atoms with E-state index in [9.17, 15) is 0 Å². The van der Waals surface area contributed by atoms with Gasteiger partial charge in [-0.15, -0.1) is 0 Å². The topological polar surface area (TPSA) is 24.9 Å². The molecular formula is C14H21ClN2. The van der Waals surface area contributed by atoms with Crippen molar-refractivity contribution >= 4 is 11.6 Å². The first-order valence-electron chi connectivity index (χ1n) is 6.59. The maximum Gasteiger partial charge on any atom is 0.0637 e. The van der Waals surface area contributed by atoms with E-state index in [4.69, 9.17) is 11.6 Å². The summed E-state index contributed by atoms with van der Waals surface area (Å²) in [4.78, 5) is 4.07. The Morgan fingerprint density at radius 2 is 2.00 bits per heavy atom. The molecule has 1 fully saturated rings. The van der Waals surface area contributed by atoms with Crippen LogP contribution in [0, 0.1) is 5.92 Å². The Morgan fingerprint density at radius 1 is 1.29 bits per heavy atom. The predicted molar refractivity (Wildman–Crippen MR) is 72.2 cm³/mol. The number of nitrogens with one attached hydrogen (secondary N) is 1. The second kappa shape index (κ2) is 6.36. The summed E-state index contributed by atoms with van der Waals surface area (Å²) in [5.74, 6) is 0.711. The van der Waals surface area contributed by atoms with Gasteiger partial charge < -0.3 is 5.32 Å². The van der Waals surface area contributed by atoms with Gasteiger partial charge in [-0.25, -0.2) is 0 Å². The van der Waals surface area contributed by atoms with Gasteiger partial charge in [0.2, 0.25) is 0 Å². The molecule has 1 aromatic rings. The van der Waals surface area contributed by atoms with E-state index in [0.717, 1.165) is 5.02 Å². The molecule has 0 saturated heterocycles. The fourth-order valence-electron chi connectivity index (χ4n) is 2.93. The normalized spacial score (nSPS) is 19.9. The van der Waals surface area contributed by atoms with Crippen LogP contribution < -0.4 is 5.32 Å². The number of aromatic nitrogens is 1. The molecule has 0 spiro atoms. The Labute approximate surface area is 109 Å². The van der Waals surface area contributed by atoms with Gasteiger partial charge in [0.25, 0.3) is 0 Å². The summed E-state index contributed by atoms with van der Waals surface area (Å²) < 4.78 is 0. The highest BCUT2D eigenvalue weighted by Crippen LogP contribution is 2.35. The summed E-state index contributed by atoms with van der Waals surface area (Å²) in [7, 11) is 2.03. The second-order valence-electron chi connectivity index (χ2n) is 4.92. The second-order valence-corrected chi connectivity index (χ2v) is 5.32. The highest BCUT2D eigenvalue weighted by Gasteiger charge is 2.24. The first-order valence-corrected chi connectivity index (χ1v) is 6.97. The number of hydrogen-bond donors (Lipinski definition) is 1. The summed E-state index contributed by atoms with van der Waals surface area (Å²) in [6.45, 7) is 0. The highest BCUT2D eigenvalue weighted by molar-refractivity contribution is 6.31. The van der Waals surface area contributed by atoms with Crippen molar-refractivity contribution in [1.29, 1.82) is 0 Å². The third-order valence-electron chi connectivity index (χ3n) is 3.82. The standard InChI is InChI=1S/C14H21ClN2/c1-16-14(11-6-4-2-3-5-7-11)12-8-9-17-10-13(12)15/h8-11,14,16H,2-7H2,1H3. The van der Waals surface area contributed by atoms with Gasteiger partial charge in [-0.2, -0.15) is 0 Å². The first-order chi connectivity index (χ1) is 8.33. The highest BCUT2D eigenvalue weighted by atomic mass is 35.5. The van der Waals surface area contributed by atoms with Gasteiger partial charge >= 0.3 is 0 Å². The van der Waals surface area contributed by atoms with Gasteiger partial charge in [0.1, 0.15) is 0 Å². The lowest BCUT2D eigenvalue weighted by atomic mass is 9.87. The van der Waals surface area contributed by atoms with Crippen LogP contribution in [-0.2, 0) is 0 Å². The number of pyridine rings is 1. The molecule has 0 amide bonds. The molecule has 0 bridgehead atoms. The summed E-state index contributed by atoms with van der Waals surface area (Å²) in [5.41, 5.74) is 1.20. The molecule has 17 heavy (non-hydrogen) atoms. The van der Waals surface area contributed by atoms with Gasteiger partial charge in [0.05, 0.1) is 5.02 Å². The zero-order chi connectivity index (χ0) is 12.1. The minimum Gasteiger partial charge on any atom is -0.313 e. The van der Waals surface area contributed by atoms with Crippen LogP contribution in [0.25, 0.3) is 0 Å². The molecule has 1 aliphatic carbocycles. The summed E-state index contributed by atoms with van der Waals surface area (Å²) in [6.07, 6.45) is 11.7. The van der Waals surface area contributed by atoms with E-state index in [1.807, 2.05) is 19.3 Å². The van der Waals surface area contributed by atoms with Gasteiger partial charge in [-0.3, -0.25) is 4.98 Å². The van der Waals surface area contributed by atoms with Crippen LogP contribution >= 0.6 is 11.6 Å². The zero-order valence-corrected chi connectivity index (χ0v) is 11.2. The molecule has 0 aliphatic heterocycles. The van der Waals surface area contributed by atoms with Gasteiger partial charge in [0.15, 0.2) is 0 Å². The lowest BCUT2D eigenvalue weighted by Crippen LogP contribution is -2.25. The van der Waals surface area contributed by atoms with E-state index in [1.165, 1.54) is 44.1 Å². The quantitative estimate of drug-likeness (QED) is 0.824. The van der Waals surface area contributed by atoms with Crippen molar-refractivity contribution in [2.24, 2.45) is 5.92 Å². The average molecular weight is 253 g/mol. The smallest absolute Gasteiger partial charge is 0.0637 e. The molecule has 2 rings (SSSR count). The van der Waals surface area contributed by atoms with Crippen LogP contribution in [0.15, 0.2) is 18.5 Å². The zero-order valence-electron chi connectivity index (χ0n) is 10.5. The predicted octanol–water partition coefficient (Wildman–Crippen LogP) is 3.97. The van der Waals surface area contributed by atoms with Gasteiger partial charge in [-0.05, 0) is 37.4 Å². The maximum atomic E-state index is 6.26. The summed E-state index contributed by atoms with van der Waals surface area (Å²) in [5, 5.41) is 4.23. The van der Waals surface area contributed by atoms with Crippen molar-refractivity contribution < 1.29 is 0 Å². The van der Waals surface area contributed by atoms with Crippen LogP contribution in [0.5, 0.6) is 0 Å². The fraction of sp³-hybridized carbons (Fsp3) is 0.643. The van der Waals surface area contributed by atoms with Gasteiger partial charge in [0, 0.05) is 18.4 Å². The molecule has 1 N–H and O–H groups in total. The SMILES string of the molecule is CNC(c1ccncc1Cl)C1CCCCCC1. The molecule has 0 radical (unpaired) electrons. The van der Waals surface area contributed by atoms with E-state index in [2.05, 4.69) is 10.3 Å². The van der Waals surface area contributed by atoms with Crippen LogP contribution in [0.2, 0.25) is 5.02 Å². The molecule has 1 atom stereocenters. The molecule has 94 valence electrons. The average Bonchev–Trinajstić information content (AvgIpc) is 2.62. The van der Waals surface area contributed by atoms with Crippen LogP contribution in [0.3, 0.4) is 0 Å². The van der Waals surface area contributed by atoms with Crippen molar-refractivity contribution in [1.82, 2.24) is 10.3 Å². The molecule has 1 aromatic heterocycles. The van der Waals surface area contributed by atoms with E-state index < -0.39 is 0 Å². The number of hydrogen-bond acceptors (Lipinski definition) is 2. The molecule has 0 aromatic carbocycles. The Hall–Kier alpha value is -0.600. The van der Waals surface area contributed by atoms with Gasteiger partial charge in [-0.1, -0.05) is 37.3 Å². The number of rotatable bonds is 3. The Balaban J connectivity index is 2.17. The minimum absolute atomic E-state index is 0.378. The largest absolute Gasteiger partial charge is 0.313 e. The monoisotopic (exact) mass is 252 g/mol. The van der Waals surface area contributed by atoms with Crippen molar-refractivity contribution in [2.75, 3.05) is 7.05 Å². The van der Waals surface area contributed by atoms with Crippen LogP contribution in [-0.4, -0.2) is 12.0 Å². The van der Waals surface area contributed by atoms with Crippen LogP contribution in [0.1, 0.15) is 50.1 Å². The summed E-state index contributed by atoms with van der Waals surface area (Å²) in [6, 6.07) is 2.43. The molecular weight excluding hydrogens is 232 g/mol. The lowest BCUT2D eigenvalue weighted by molar-refractivity contribution is 0.341. The summed E-state index contributed by atoms with van der Waals surface area (Å²) >= 11 is 6.26. The van der Waals surface area contributed by atoms with E-state index in [-0.39, 0.29) is 0 Å². The third-order valence-corrected chi connectivity index (χ3v) is 4.14. The van der Waals surface area contributed by atoms with Crippen LogP contribution in [0.4, 0.5) is 0 Å². The molecule has 3 heteroatoms. The molecule has 2 nitrogen and oxygen atoms in total. The number of halogens is 1. The van der Waals surface area contributed by atoms with E-state index in [1.54, 1.807) is 6.20 Å².